The Morgan fingerprint density at radius 2 is 1.48 bits per heavy atom. The first-order valence-corrected chi connectivity index (χ1v) is 8.67. The third kappa shape index (κ3) is 2.94. The van der Waals surface area contributed by atoms with E-state index in [0.29, 0.717) is 0 Å². The minimum Gasteiger partial charge on any atom is -0.293 e. The molecule has 0 amide bonds. The van der Waals surface area contributed by atoms with Crippen molar-refractivity contribution in [2.75, 3.05) is 0 Å². The second kappa shape index (κ2) is 6.52. The van der Waals surface area contributed by atoms with Crippen LogP contribution in [0.3, 0.4) is 0 Å². The summed E-state index contributed by atoms with van der Waals surface area (Å²) in [6.45, 7) is 2.09. The summed E-state index contributed by atoms with van der Waals surface area (Å²) in [6, 6.07) is 26.4. The molecule has 1 nitrogen and oxygen atoms in total. The number of benzene rings is 3. The van der Waals surface area contributed by atoms with Gasteiger partial charge in [-0.1, -0.05) is 96.6 Å². The summed E-state index contributed by atoms with van der Waals surface area (Å²) in [6.07, 6.45) is 4.33. The van der Waals surface area contributed by atoms with Crippen molar-refractivity contribution in [2.24, 2.45) is 0 Å². The van der Waals surface area contributed by atoms with Gasteiger partial charge >= 0.3 is 0 Å². The lowest BCUT2D eigenvalue weighted by Crippen LogP contribution is -2.22. The van der Waals surface area contributed by atoms with E-state index in [0.717, 1.165) is 16.7 Å². The van der Waals surface area contributed by atoms with Crippen LogP contribution in [0.15, 0.2) is 84.9 Å². The van der Waals surface area contributed by atoms with Crippen LogP contribution in [0.25, 0.3) is 6.08 Å². The molecular formula is C24H20O. The van der Waals surface area contributed by atoms with E-state index >= 15 is 0 Å². The summed E-state index contributed by atoms with van der Waals surface area (Å²) >= 11 is 0. The van der Waals surface area contributed by atoms with E-state index in [4.69, 9.17) is 0 Å². The van der Waals surface area contributed by atoms with Crippen molar-refractivity contribution >= 4 is 11.9 Å². The van der Waals surface area contributed by atoms with Crippen LogP contribution in [0, 0.1) is 6.92 Å². The molecule has 1 heteroatoms. The van der Waals surface area contributed by atoms with Gasteiger partial charge in [0.15, 0.2) is 5.78 Å². The molecule has 0 aliphatic heterocycles. The maximum absolute atomic E-state index is 13.4. The molecule has 0 heterocycles. The number of carbonyl (C=O) groups is 1. The summed E-state index contributed by atoms with van der Waals surface area (Å²) in [5.74, 6) is 0.0532. The maximum atomic E-state index is 13.4. The van der Waals surface area contributed by atoms with E-state index in [-0.39, 0.29) is 17.6 Å². The highest BCUT2D eigenvalue weighted by Gasteiger charge is 2.33. The maximum Gasteiger partial charge on any atom is 0.171 e. The zero-order valence-corrected chi connectivity index (χ0v) is 14.2. The summed E-state index contributed by atoms with van der Waals surface area (Å²) < 4.78 is 0. The van der Waals surface area contributed by atoms with Crippen LogP contribution >= 0.6 is 0 Å². The second-order valence-corrected chi connectivity index (χ2v) is 6.63. The molecule has 0 saturated heterocycles. The van der Waals surface area contributed by atoms with Crippen LogP contribution in [-0.2, 0) is 0 Å². The molecule has 3 aromatic carbocycles. The van der Waals surface area contributed by atoms with Crippen LogP contribution in [-0.4, -0.2) is 5.78 Å². The molecule has 0 fully saturated rings. The first kappa shape index (κ1) is 15.6. The van der Waals surface area contributed by atoms with E-state index in [1.807, 2.05) is 42.5 Å². The molecule has 0 bridgehead atoms. The molecule has 0 radical (unpaired) electrons. The lowest BCUT2D eigenvalue weighted by Gasteiger charge is -2.29. The van der Waals surface area contributed by atoms with Crippen molar-refractivity contribution < 1.29 is 4.79 Å². The number of fused-ring (bicyclic) bond motifs is 1. The second-order valence-electron chi connectivity index (χ2n) is 6.63. The van der Waals surface area contributed by atoms with Crippen LogP contribution in [0.4, 0.5) is 0 Å². The van der Waals surface area contributed by atoms with Gasteiger partial charge in [-0.15, -0.1) is 0 Å². The first-order chi connectivity index (χ1) is 12.2. The summed E-state index contributed by atoms with van der Waals surface area (Å²) in [4.78, 5) is 13.4. The number of aryl methyl sites for hydroxylation is 1. The van der Waals surface area contributed by atoms with E-state index in [1.165, 1.54) is 11.1 Å². The van der Waals surface area contributed by atoms with Gasteiger partial charge in [-0.3, -0.25) is 4.79 Å². The molecule has 122 valence electrons. The standard InChI is InChI=1S/C24H20O/c1-17-11-13-19(14-12-17)22-16-15-18-7-5-6-10-21(18)23(22)24(25)20-8-3-2-4-9-20/h2-16,22-23H,1H3. The zero-order chi connectivity index (χ0) is 17.2. The highest BCUT2D eigenvalue weighted by molar-refractivity contribution is 6.03. The van der Waals surface area contributed by atoms with Crippen LogP contribution in [0.1, 0.15) is 44.4 Å². The fraction of sp³-hybridized carbons (Fsp3) is 0.125. The Balaban J connectivity index is 1.83. The molecule has 0 aromatic heterocycles. The fourth-order valence-electron chi connectivity index (χ4n) is 3.64. The summed E-state index contributed by atoms with van der Waals surface area (Å²) in [5.41, 5.74) is 5.44. The van der Waals surface area contributed by atoms with Crippen LogP contribution in [0.5, 0.6) is 0 Å². The number of Topliss-reactive ketones (excluding diaryl/α,β-unsaturated/α-hetero) is 1. The van der Waals surface area contributed by atoms with Gasteiger partial charge in [0, 0.05) is 11.5 Å². The van der Waals surface area contributed by atoms with Gasteiger partial charge in [0.2, 0.25) is 0 Å². The molecule has 0 saturated carbocycles. The number of rotatable bonds is 3. The van der Waals surface area contributed by atoms with Crippen molar-refractivity contribution in [3.05, 3.63) is 113 Å². The summed E-state index contributed by atoms with van der Waals surface area (Å²) in [5, 5.41) is 0. The van der Waals surface area contributed by atoms with E-state index in [2.05, 4.69) is 55.5 Å². The fourth-order valence-corrected chi connectivity index (χ4v) is 3.64. The highest BCUT2D eigenvalue weighted by atomic mass is 16.1. The minimum atomic E-state index is -0.189. The molecular weight excluding hydrogens is 304 g/mol. The number of carbonyl (C=O) groups excluding carboxylic acids is 1. The molecule has 3 aromatic rings. The smallest absolute Gasteiger partial charge is 0.171 e. The topological polar surface area (TPSA) is 17.1 Å². The third-order valence-corrected chi connectivity index (χ3v) is 4.98. The lowest BCUT2D eigenvalue weighted by molar-refractivity contribution is 0.0952. The number of allylic oxidation sites excluding steroid dienone is 1. The Morgan fingerprint density at radius 1 is 0.800 bits per heavy atom. The van der Waals surface area contributed by atoms with E-state index in [1.54, 1.807) is 0 Å². The van der Waals surface area contributed by atoms with Crippen LogP contribution < -0.4 is 0 Å². The molecule has 1 aliphatic carbocycles. The Kier molecular flexibility index (Phi) is 4.07. The van der Waals surface area contributed by atoms with Crippen molar-refractivity contribution in [3.63, 3.8) is 0 Å². The van der Waals surface area contributed by atoms with Gasteiger partial charge in [0.25, 0.3) is 0 Å². The van der Waals surface area contributed by atoms with Crippen molar-refractivity contribution in [2.45, 2.75) is 18.8 Å². The highest BCUT2D eigenvalue weighted by Crippen LogP contribution is 2.42. The predicted molar refractivity (Wildman–Crippen MR) is 103 cm³/mol. The van der Waals surface area contributed by atoms with Crippen molar-refractivity contribution in [1.29, 1.82) is 0 Å². The molecule has 1 aliphatic rings. The van der Waals surface area contributed by atoms with Gasteiger partial charge in [0.05, 0.1) is 5.92 Å². The monoisotopic (exact) mass is 324 g/mol. The first-order valence-electron chi connectivity index (χ1n) is 8.67. The number of ketones is 1. The normalized spacial score (nSPS) is 18.6. The van der Waals surface area contributed by atoms with E-state index < -0.39 is 0 Å². The third-order valence-electron chi connectivity index (χ3n) is 4.98. The van der Waals surface area contributed by atoms with Crippen molar-refractivity contribution in [3.8, 4) is 0 Å². The van der Waals surface area contributed by atoms with Gasteiger partial charge < -0.3 is 0 Å². The quantitative estimate of drug-likeness (QED) is 0.559. The Bertz CT molecular complexity index is 920. The Hall–Kier alpha value is -2.93. The van der Waals surface area contributed by atoms with E-state index in [9.17, 15) is 4.79 Å². The molecule has 0 spiro atoms. The Labute approximate surface area is 148 Å². The van der Waals surface area contributed by atoms with Crippen molar-refractivity contribution in [1.82, 2.24) is 0 Å². The zero-order valence-electron chi connectivity index (χ0n) is 14.2. The van der Waals surface area contributed by atoms with Crippen LogP contribution in [0.2, 0.25) is 0 Å². The van der Waals surface area contributed by atoms with Gasteiger partial charge in [0.1, 0.15) is 0 Å². The molecule has 4 rings (SSSR count). The number of hydrogen-bond donors (Lipinski definition) is 0. The average Bonchev–Trinajstić information content (AvgIpc) is 2.68. The lowest BCUT2D eigenvalue weighted by atomic mass is 9.72. The SMILES string of the molecule is Cc1ccc(C2C=Cc3ccccc3C2C(=O)c2ccccc2)cc1. The van der Waals surface area contributed by atoms with Gasteiger partial charge in [-0.2, -0.15) is 0 Å². The molecule has 2 atom stereocenters. The Morgan fingerprint density at radius 3 is 2.24 bits per heavy atom. The number of hydrogen-bond acceptors (Lipinski definition) is 1. The van der Waals surface area contributed by atoms with Gasteiger partial charge in [-0.05, 0) is 23.6 Å². The summed E-state index contributed by atoms with van der Waals surface area (Å²) in [7, 11) is 0. The van der Waals surface area contributed by atoms with Gasteiger partial charge in [-0.25, -0.2) is 0 Å². The molecule has 0 N–H and O–H groups in total. The largest absolute Gasteiger partial charge is 0.293 e. The molecule has 2 unspecified atom stereocenters. The average molecular weight is 324 g/mol. The molecule has 25 heavy (non-hydrogen) atoms. The predicted octanol–water partition coefficient (Wildman–Crippen LogP) is 5.77. The minimum absolute atomic E-state index is 0.0585.